The Kier molecular flexibility index (Phi) is 3.56. The zero-order chi connectivity index (χ0) is 14.8. The van der Waals surface area contributed by atoms with Gasteiger partial charge in [0, 0.05) is 29.8 Å². The molecule has 3 rings (SSSR count). The average Bonchev–Trinajstić information content (AvgIpc) is 3.01. The molecule has 0 atom stereocenters. The van der Waals surface area contributed by atoms with Gasteiger partial charge in [-0.2, -0.15) is 5.10 Å². The largest absolute Gasteiger partial charge is 0.491 e. The van der Waals surface area contributed by atoms with Crippen LogP contribution in [0.1, 0.15) is 13.8 Å². The predicted octanol–water partition coefficient (Wildman–Crippen LogP) is 2.91. The van der Waals surface area contributed by atoms with E-state index in [9.17, 15) is 0 Å². The average molecular weight is 284 g/mol. The van der Waals surface area contributed by atoms with Crippen molar-refractivity contribution in [3.05, 3.63) is 42.7 Å². The van der Waals surface area contributed by atoms with Gasteiger partial charge in [0.25, 0.3) is 0 Å². The number of hydrogen-bond donors (Lipinski definition) is 1. The summed E-state index contributed by atoms with van der Waals surface area (Å²) in [7, 11) is 0. The van der Waals surface area contributed by atoms with Crippen LogP contribution in [0, 0.1) is 0 Å². The fourth-order valence-corrected chi connectivity index (χ4v) is 2.43. The van der Waals surface area contributed by atoms with Crippen LogP contribution in [0.5, 0.6) is 5.75 Å². The quantitative estimate of drug-likeness (QED) is 0.783. The Hall–Kier alpha value is -2.43. The number of aryl methyl sites for hydroxylation is 2. The van der Waals surface area contributed by atoms with E-state index in [-0.39, 0.29) is 6.10 Å². The molecule has 0 unspecified atom stereocenters. The van der Waals surface area contributed by atoms with Crippen molar-refractivity contribution in [3.8, 4) is 5.75 Å². The number of nitrogen functional groups attached to an aromatic ring is 1. The molecule has 0 aliphatic rings. The van der Waals surface area contributed by atoms with E-state index >= 15 is 0 Å². The summed E-state index contributed by atoms with van der Waals surface area (Å²) >= 11 is 0. The summed E-state index contributed by atoms with van der Waals surface area (Å²) in [6.07, 6.45) is 4.18. The Labute approximate surface area is 123 Å². The summed E-state index contributed by atoms with van der Waals surface area (Å²) in [5.74, 6) is 1.47. The van der Waals surface area contributed by atoms with Crippen molar-refractivity contribution >= 4 is 16.7 Å². The Morgan fingerprint density at radius 1 is 1.14 bits per heavy atom. The number of anilines is 1. The molecule has 2 N–H and O–H groups in total. The summed E-state index contributed by atoms with van der Waals surface area (Å²) in [4.78, 5) is 0. The normalized spacial score (nSPS) is 11.4. The van der Waals surface area contributed by atoms with Gasteiger partial charge in [0.2, 0.25) is 0 Å². The van der Waals surface area contributed by atoms with Crippen LogP contribution in [0.25, 0.3) is 10.9 Å². The van der Waals surface area contributed by atoms with Gasteiger partial charge in [-0.05, 0) is 44.2 Å². The molecule has 21 heavy (non-hydrogen) atoms. The summed E-state index contributed by atoms with van der Waals surface area (Å²) in [5, 5.41) is 5.39. The fourth-order valence-electron chi connectivity index (χ4n) is 2.43. The van der Waals surface area contributed by atoms with Crippen LogP contribution in [0.4, 0.5) is 5.82 Å². The van der Waals surface area contributed by atoms with Gasteiger partial charge < -0.3 is 15.0 Å². The van der Waals surface area contributed by atoms with Crippen molar-refractivity contribution in [2.45, 2.75) is 33.0 Å². The maximum absolute atomic E-state index is 5.73. The monoisotopic (exact) mass is 284 g/mol. The molecular weight excluding hydrogens is 264 g/mol. The zero-order valence-electron chi connectivity index (χ0n) is 12.4. The topological polar surface area (TPSA) is 58.0 Å². The third-order valence-corrected chi connectivity index (χ3v) is 3.35. The maximum Gasteiger partial charge on any atom is 0.145 e. The number of rotatable bonds is 5. The highest BCUT2D eigenvalue weighted by Gasteiger charge is 2.04. The SMILES string of the molecule is CC(C)Oc1ccc2c(ccn2CCn2ccc(N)n2)c1. The van der Waals surface area contributed by atoms with Crippen molar-refractivity contribution in [1.29, 1.82) is 0 Å². The lowest BCUT2D eigenvalue weighted by Crippen LogP contribution is -2.07. The van der Waals surface area contributed by atoms with Gasteiger partial charge >= 0.3 is 0 Å². The van der Waals surface area contributed by atoms with Crippen LogP contribution in [0.2, 0.25) is 0 Å². The number of ether oxygens (including phenoxy) is 1. The molecule has 0 saturated carbocycles. The summed E-state index contributed by atoms with van der Waals surface area (Å²) < 4.78 is 9.80. The van der Waals surface area contributed by atoms with Crippen LogP contribution >= 0.6 is 0 Å². The molecule has 110 valence electrons. The van der Waals surface area contributed by atoms with Gasteiger partial charge in [-0.3, -0.25) is 4.68 Å². The molecule has 0 aliphatic carbocycles. The number of fused-ring (bicyclic) bond motifs is 1. The third kappa shape index (κ3) is 3.02. The second kappa shape index (κ2) is 5.52. The van der Waals surface area contributed by atoms with Crippen LogP contribution in [-0.2, 0) is 13.1 Å². The van der Waals surface area contributed by atoms with Crippen molar-refractivity contribution in [3.63, 3.8) is 0 Å². The lowest BCUT2D eigenvalue weighted by atomic mass is 10.2. The fraction of sp³-hybridized carbons (Fsp3) is 0.312. The van der Waals surface area contributed by atoms with E-state index in [0.717, 1.165) is 18.8 Å². The first kappa shape index (κ1) is 13.5. The van der Waals surface area contributed by atoms with Gasteiger partial charge in [0.15, 0.2) is 0 Å². The molecule has 5 heteroatoms. The smallest absolute Gasteiger partial charge is 0.145 e. The van der Waals surface area contributed by atoms with Crippen molar-refractivity contribution in [2.75, 3.05) is 5.73 Å². The van der Waals surface area contributed by atoms with Gasteiger partial charge in [-0.1, -0.05) is 0 Å². The zero-order valence-corrected chi connectivity index (χ0v) is 12.4. The maximum atomic E-state index is 5.73. The van der Waals surface area contributed by atoms with E-state index in [2.05, 4.69) is 34.1 Å². The lowest BCUT2D eigenvalue weighted by Gasteiger charge is -2.10. The van der Waals surface area contributed by atoms with Crippen LogP contribution in [0.3, 0.4) is 0 Å². The highest BCUT2D eigenvalue weighted by molar-refractivity contribution is 5.81. The van der Waals surface area contributed by atoms with Gasteiger partial charge in [-0.25, -0.2) is 0 Å². The molecule has 2 aromatic heterocycles. The molecule has 0 amide bonds. The minimum atomic E-state index is 0.190. The molecule has 0 saturated heterocycles. The predicted molar refractivity (Wildman–Crippen MR) is 84.3 cm³/mol. The minimum absolute atomic E-state index is 0.190. The number of nitrogens with two attached hydrogens (primary N) is 1. The second-order valence-corrected chi connectivity index (χ2v) is 5.40. The Morgan fingerprint density at radius 2 is 2.00 bits per heavy atom. The molecule has 5 nitrogen and oxygen atoms in total. The van der Waals surface area contributed by atoms with Crippen molar-refractivity contribution in [2.24, 2.45) is 0 Å². The second-order valence-electron chi connectivity index (χ2n) is 5.40. The van der Waals surface area contributed by atoms with E-state index in [1.54, 1.807) is 0 Å². The number of nitrogens with zero attached hydrogens (tertiary/aromatic N) is 3. The molecular formula is C16H20N4O. The van der Waals surface area contributed by atoms with Crippen molar-refractivity contribution < 1.29 is 4.74 Å². The van der Waals surface area contributed by atoms with Crippen LogP contribution in [0.15, 0.2) is 42.7 Å². The summed E-state index contributed by atoms with van der Waals surface area (Å²) in [5.41, 5.74) is 6.82. The highest BCUT2D eigenvalue weighted by Crippen LogP contribution is 2.23. The Bertz CT molecular complexity index is 742. The van der Waals surface area contributed by atoms with Gasteiger partial charge in [0.05, 0.1) is 12.6 Å². The lowest BCUT2D eigenvalue weighted by molar-refractivity contribution is 0.243. The first-order valence-electron chi connectivity index (χ1n) is 7.16. The van der Waals surface area contributed by atoms with E-state index in [0.29, 0.717) is 5.82 Å². The highest BCUT2D eigenvalue weighted by atomic mass is 16.5. The first-order valence-corrected chi connectivity index (χ1v) is 7.16. The Morgan fingerprint density at radius 3 is 2.71 bits per heavy atom. The molecule has 0 bridgehead atoms. The third-order valence-electron chi connectivity index (χ3n) is 3.35. The Balaban J connectivity index is 1.77. The van der Waals surface area contributed by atoms with Gasteiger partial charge in [0.1, 0.15) is 11.6 Å². The number of benzene rings is 1. The molecule has 3 aromatic rings. The van der Waals surface area contributed by atoms with Gasteiger partial charge in [-0.15, -0.1) is 0 Å². The molecule has 0 radical (unpaired) electrons. The molecule has 0 aliphatic heterocycles. The van der Waals surface area contributed by atoms with E-state index in [1.807, 2.05) is 36.9 Å². The van der Waals surface area contributed by atoms with Crippen LogP contribution in [-0.4, -0.2) is 20.5 Å². The minimum Gasteiger partial charge on any atom is -0.491 e. The van der Waals surface area contributed by atoms with Crippen molar-refractivity contribution in [1.82, 2.24) is 14.3 Å². The van der Waals surface area contributed by atoms with E-state index in [1.165, 1.54) is 10.9 Å². The molecule has 0 fully saturated rings. The van der Waals surface area contributed by atoms with E-state index < -0.39 is 0 Å². The van der Waals surface area contributed by atoms with Crippen LogP contribution < -0.4 is 10.5 Å². The standard InChI is InChI=1S/C16H20N4O/c1-12(2)21-14-3-4-15-13(11-14)5-7-19(15)9-10-20-8-6-16(17)18-20/h3-8,11-12H,9-10H2,1-2H3,(H2,17,18). The molecule has 0 spiro atoms. The molecule has 2 heterocycles. The van der Waals surface area contributed by atoms with E-state index in [4.69, 9.17) is 10.5 Å². The first-order chi connectivity index (χ1) is 10.1. The number of hydrogen-bond acceptors (Lipinski definition) is 3. The molecule has 1 aromatic carbocycles. The number of aromatic nitrogens is 3. The summed E-state index contributed by atoms with van der Waals surface area (Å²) in [6.45, 7) is 5.72. The summed E-state index contributed by atoms with van der Waals surface area (Å²) in [6, 6.07) is 10.1.